The molecule has 0 saturated heterocycles. The first-order valence-corrected chi connectivity index (χ1v) is 5.58. The Kier molecular flexibility index (Phi) is 3.57. The van der Waals surface area contributed by atoms with E-state index in [9.17, 15) is 9.18 Å². The lowest BCUT2D eigenvalue weighted by Gasteiger charge is -2.03. The Hall–Kier alpha value is -2.68. The smallest absolute Gasteiger partial charge is 0.342 e. The Balaban J connectivity index is 2.46. The van der Waals surface area contributed by atoms with Crippen LogP contribution in [0.4, 0.5) is 4.39 Å². The van der Waals surface area contributed by atoms with Gasteiger partial charge in [-0.1, -0.05) is 0 Å². The van der Waals surface area contributed by atoms with Crippen molar-refractivity contribution in [2.45, 2.75) is 6.92 Å². The van der Waals surface area contributed by atoms with Gasteiger partial charge < -0.3 is 4.74 Å². The van der Waals surface area contributed by atoms with Crippen LogP contribution in [0.25, 0.3) is 5.69 Å². The first-order valence-electron chi connectivity index (χ1n) is 5.58. The molecule has 6 heteroatoms. The Morgan fingerprint density at radius 3 is 2.74 bits per heavy atom. The molecule has 0 radical (unpaired) electrons. The number of halogens is 1. The summed E-state index contributed by atoms with van der Waals surface area (Å²) in [5, 5.41) is 13.1. The maximum atomic E-state index is 12.8. The van der Waals surface area contributed by atoms with Crippen molar-refractivity contribution in [3.05, 3.63) is 47.5 Å². The summed E-state index contributed by atoms with van der Waals surface area (Å²) in [6.07, 6.45) is 1.26. The highest BCUT2D eigenvalue weighted by Crippen LogP contribution is 2.15. The minimum absolute atomic E-state index is 0.0602. The number of carbonyl (C=O) groups excluding carboxylic acids is 1. The third-order valence-electron chi connectivity index (χ3n) is 2.44. The maximum Gasteiger partial charge on any atom is 0.342 e. The lowest BCUT2D eigenvalue weighted by molar-refractivity contribution is 0.0526. The van der Waals surface area contributed by atoms with Crippen LogP contribution in [0.2, 0.25) is 0 Å². The second kappa shape index (κ2) is 5.31. The maximum absolute atomic E-state index is 12.8. The van der Waals surface area contributed by atoms with E-state index in [0.29, 0.717) is 5.69 Å². The molecule has 2 aromatic rings. The molecule has 19 heavy (non-hydrogen) atoms. The molecule has 0 aliphatic heterocycles. The van der Waals surface area contributed by atoms with Gasteiger partial charge in [0.05, 0.1) is 18.5 Å². The van der Waals surface area contributed by atoms with Crippen LogP contribution in [-0.4, -0.2) is 22.4 Å². The van der Waals surface area contributed by atoms with Crippen molar-refractivity contribution in [2.24, 2.45) is 0 Å². The van der Waals surface area contributed by atoms with Crippen LogP contribution in [0.5, 0.6) is 0 Å². The molecule has 5 nitrogen and oxygen atoms in total. The highest BCUT2D eigenvalue weighted by Gasteiger charge is 2.19. The Bertz CT molecular complexity index is 641. The third-order valence-corrected chi connectivity index (χ3v) is 2.44. The van der Waals surface area contributed by atoms with Crippen molar-refractivity contribution in [2.75, 3.05) is 6.61 Å². The summed E-state index contributed by atoms with van der Waals surface area (Å²) in [6, 6.07) is 7.35. The number of benzene rings is 1. The monoisotopic (exact) mass is 259 g/mol. The van der Waals surface area contributed by atoms with Gasteiger partial charge in [-0.2, -0.15) is 10.4 Å². The molecule has 0 unspecified atom stereocenters. The number of esters is 1. The van der Waals surface area contributed by atoms with Crippen LogP contribution >= 0.6 is 0 Å². The number of ether oxygens (including phenoxy) is 1. The predicted molar refractivity (Wildman–Crippen MR) is 64.2 cm³/mol. The van der Waals surface area contributed by atoms with Crippen molar-refractivity contribution in [1.82, 2.24) is 9.78 Å². The van der Waals surface area contributed by atoms with Gasteiger partial charge >= 0.3 is 5.97 Å². The molecule has 0 atom stereocenters. The lowest BCUT2D eigenvalue weighted by atomic mass is 10.2. The summed E-state index contributed by atoms with van der Waals surface area (Å²) >= 11 is 0. The zero-order chi connectivity index (χ0) is 13.8. The molecular formula is C13H10FN3O2. The van der Waals surface area contributed by atoms with Crippen LogP contribution in [0.1, 0.15) is 23.0 Å². The van der Waals surface area contributed by atoms with E-state index < -0.39 is 5.97 Å². The van der Waals surface area contributed by atoms with Gasteiger partial charge in [0.15, 0.2) is 5.69 Å². The van der Waals surface area contributed by atoms with E-state index in [1.165, 1.54) is 35.1 Å². The van der Waals surface area contributed by atoms with Gasteiger partial charge in [0.25, 0.3) is 0 Å². The Labute approximate surface area is 108 Å². The fourth-order valence-corrected chi connectivity index (χ4v) is 1.59. The van der Waals surface area contributed by atoms with Gasteiger partial charge in [0.2, 0.25) is 0 Å². The number of carbonyl (C=O) groups is 1. The minimum atomic E-state index is -0.604. The van der Waals surface area contributed by atoms with Crippen LogP contribution in [0, 0.1) is 17.1 Å². The fraction of sp³-hybridized carbons (Fsp3) is 0.154. The first-order chi connectivity index (χ1) is 9.17. The molecule has 0 saturated carbocycles. The normalized spacial score (nSPS) is 9.95. The van der Waals surface area contributed by atoms with Crippen molar-refractivity contribution >= 4 is 5.97 Å². The summed E-state index contributed by atoms with van der Waals surface area (Å²) < 4.78 is 19.0. The standard InChI is InChI=1S/C13H10FN3O2/c1-2-19-13(18)11-8-16-17(12(11)7-15)10-5-3-9(14)4-6-10/h3-6,8H,2H2,1H3. The average molecular weight is 259 g/mol. The fourth-order valence-electron chi connectivity index (χ4n) is 1.59. The molecule has 0 spiro atoms. The predicted octanol–water partition coefficient (Wildman–Crippen LogP) is 2.06. The molecule has 1 aromatic carbocycles. The SMILES string of the molecule is CCOC(=O)c1cnn(-c2ccc(F)cc2)c1C#N. The van der Waals surface area contributed by atoms with E-state index in [0.717, 1.165) is 0 Å². The number of hydrogen-bond acceptors (Lipinski definition) is 4. The number of nitrogens with zero attached hydrogens (tertiary/aromatic N) is 3. The molecule has 0 aliphatic rings. The molecule has 1 aromatic heterocycles. The van der Waals surface area contributed by atoms with E-state index in [-0.39, 0.29) is 23.7 Å². The highest BCUT2D eigenvalue weighted by atomic mass is 19.1. The van der Waals surface area contributed by atoms with Crippen LogP contribution in [0.3, 0.4) is 0 Å². The largest absolute Gasteiger partial charge is 0.462 e. The summed E-state index contributed by atoms with van der Waals surface area (Å²) in [7, 11) is 0. The molecule has 0 bridgehead atoms. The minimum Gasteiger partial charge on any atom is -0.462 e. The lowest BCUT2D eigenvalue weighted by Crippen LogP contribution is -2.07. The van der Waals surface area contributed by atoms with E-state index in [1.807, 2.05) is 6.07 Å². The third kappa shape index (κ3) is 2.45. The van der Waals surface area contributed by atoms with Gasteiger partial charge in [0, 0.05) is 0 Å². The summed E-state index contributed by atoms with van der Waals surface area (Å²) in [6.45, 7) is 1.89. The second-order valence-corrected chi connectivity index (χ2v) is 3.63. The summed E-state index contributed by atoms with van der Waals surface area (Å²) in [5.41, 5.74) is 0.646. The number of aromatic nitrogens is 2. The topological polar surface area (TPSA) is 67.9 Å². The zero-order valence-electron chi connectivity index (χ0n) is 10.1. The van der Waals surface area contributed by atoms with Crippen LogP contribution < -0.4 is 0 Å². The average Bonchev–Trinajstić information content (AvgIpc) is 2.83. The van der Waals surface area contributed by atoms with Gasteiger partial charge in [-0.25, -0.2) is 13.9 Å². The highest BCUT2D eigenvalue weighted by molar-refractivity contribution is 5.91. The van der Waals surface area contributed by atoms with E-state index in [4.69, 9.17) is 10.00 Å². The van der Waals surface area contributed by atoms with Gasteiger partial charge in [-0.15, -0.1) is 0 Å². The quantitative estimate of drug-likeness (QED) is 0.791. The molecular weight excluding hydrogens is 249 g/mol. The Morgan fingerprint density at radius 2 is 2.16 bits per heavy atom. The zero-order valence-corrected chi connectivity index (χ0v) is 10.1. The molecule has 0 N–H and O–H groups in total. The van der Waals surface area contributed by atoms with Gasteiger partial charge in [-0.05, 0) is 31.2 Å². The number of rotatable bonds is 3. The van der Waals surface area contributed by atoms with Crippen molar-refractivity contribution in [1.29, 1.82) is 5.26 Å². The molecule has 96 valence electrons. The molecule has 2 rings (SSSR count). The van der Waals surface area contributed by atoms with E-state index in [1.54, 1.807) is 6.92 Å². The molecule has 1 heterocycles. The van der Waals surface area contributed by atoms with E-state index in [2.05, 4.69) is 5.10 Å². The van der Waals surface area contributed by atoms with Crippen molar-refractivity contribution in [3.63, 3.8) is 0 Å². The van der Waals surface area contributed by atoms with Gasteiger partial charge in [0.1, 0.15) is 17.4 Å². The second-order valence-electron chi connectivity index (χ2n) is 3.63. The van der Waals surface area contributed by atoms with Crippen molar-refractivity contribution in [3.8, 4) is 11.8 Å². The molecule has 0 amide bonds. The van der Waals surface area contributed by atoms with Gasteiger partial charge in [-0.3, -0.25) is 0 Å². The van der Waals surface area contributed by atoms with Crippen molar-refractivity contribution < 1.29 is 13.9 Å². The molecule has 0 aliphatic carbocycles. The van der Waals surface area contributed by atoms with Crippen LogP contribution in [0.15, 0.2) is 30.5 Å². The number of nitriles is 1. The summed E-state index contributed by atoms with van der Waals surface area (Å²) in [5.74, 6) is -0.993. The number of hydrogen-bond donors (Lipinski definition) is 0. The molecule has 0 fully saturated rings. The van der Waals surface area contributed by atoms with Crippen LogP contribution in [-0.2, 0) is 4.74 Å². The Morgan fingerprint density at radius 1 is 1.47 bits per heavy atom. The first kappa shape index (κ1) is 12.8. The summed E-state index contributed by atoms with van der Waals surface area (Å²) in [4.78, 5) is 11.6. The van der Waals surface area contributed by atoms with E-state index >= 15 is 0 Å².